The normalized spacial score (nSPS) is 23.8. The van der Waals surface area contributed by atoms with E-state index >= 15 is 0 Å². The zero-order valence-corrected chi connectivity index (χ0v) is 11.2. The summed E-state index contributed by atoms with van der Waals surface area (Å²) in [7, 11) is 1.43. The van der Waals surface area contributed by atoms with Gasteiger partial charge in [0.1, 0.15) is 0 Å². The molecule has 0 radical (unpaired) electrons. The highest BCUT2D eigenvalue weighted by molar-refractivity contribution is 5.88. The van der Waals surface area contributed by atoms with Crippen molar-refractivity contribution in [3.8, 4) is 0 Å². The van der Waals surface area contributed by atoms with Gasteiger partial charge >= 0.3 is 5.97 Å². The van der Waals surface area contributed by atoms with Crippen LogP contribution in [0.4, 0.5) is 0 Å². The fourth-order valence-electron chi connectivity index (χ4n) is 2.37. The first-order valence-electron chi connectivity index (χ1n) is 6.52. The Bertz CT molecular complexity index is 318. The fourth-order valence-corrected chi connectivity index (χ4v) is 2.37. The van der Waals surface area contributed by atoms with E-state index in [9.17, 15) is 4.79 Å². The van der Waals surface area contributed by atoms with Crippen LogP contribution in [0.1, 0.15) is 6.92 Å². The minimum atomic E-state index is -0.215. The smallest absolute Gasteiger partial charge is 0.334 e. The number of carbonyl (C=O) groups excluding carboxylic acids is 1. The molecule has 0 bridgehead atoms. The van der Waals surface area contributed by atoms with Gasteiger partial charge < -0.3 is 9.47 Å². The summed E-state index contributed by atoms with van der Waals surface area (Å²) in [6.45, 7) is 8.46. The van der Waals surface area contributed by atoms with Crippen molar-refractivity contribution in [1.29, 1.82) is 0 Å². The van der Waals surface area contributed by atoms with Crippen LogP contribution in [0, 0.1) is 0 Å². The minimum absolute atomic E-state index is 0.215. The number of hydrogen-bond donors (Lipinski definition) is 0. The van der Waals surface area contributed by atoms with E-state index < -0.39 is 0 Å². The van der Waals surface area contributed by atoms with Gasteiger partial charge in [0.2, 0.25) is 0 Å². The van der Waals surface area contributed by atoms with Crippen molar-refractivity contribution in [2.45, 2.75) is 13.0 Å². The average molecular weight is 254 g/mol. The molecule has 0 spiro atoms. The van der Waals surface area contributed by atoms with Crippen LogP contribution in [0.5, 0.6) is 0 Å². The first-order chi connectivity index (χ1) is 8.74. The van der Waals surface area contributed by atoms with Gasteiger partial charge in [-0.2, -0.15) is 0 Å². The topological polar surface area (TPSA) is 42.0 Å². The molecule has 2 heterocycles. The summed E-state index contributed by atoms with van der Waals surface area (Å²) in [6, 6.07) is 0.619. The molecular formula is C13H22N2O3. The molecule has 2 rings (SSSR count). The highest BCUT2D eigenvalue weighted by atomic mass is 16.5. The molecule has 2 aliphatic rings. The van der Waals surface area contributed by atoms with Crippen molar-refractivity contribution in [2.24, 2.45) is 0 Å². The third-order valence-corrected chi connectivity index (χ3v) is 3.73. The largest absolute Gasteiger partial charge is 0.466 e. The van der Waals surface area contributed by atoms with Crippen LogP contribution < -0.4 is 0 Å². The van der Waals surface area contributed by atoms with Gasteiger partial charge in [-0.1, -0.05) is 6.08 Å². The Kier molecular flexibility index (Phi) is 4.74. The number of carbonyl (C=O) groups is 1. The van der Waals surface area contributed by atoms with Gasteiger partial charge in [-0.15, -0.1) is 0 Å². The number of nitrogens with zero attached hydrogens (tertiary/aromatic N) is 2. The first-order valence-corrected chi connectivity index (χ1v) is 6.52. The van der Waals surface area contributed by atoms with E-state index in [-0.39, 0.29) is 5.97 Å². The molecule has 0 atom stereocenters. The maximum atomic E-state index is 11.5. The van der Waals surface area contributed by atoms with Crippen LogP contribution >= 0.6 is 0 Å². The van der Waals surface area contributed by atoms with Crippen LogP contribution in [-0.4, -0.2) is 74.9 Å². The van der Waals surface area contributed by atoms with Gasteiger partial charge in [-0.3, -0.25) is 9.80 Å². The summed E-state index contributed by atoms with van der Waals surface area (Å²) in [6.07, 6.45) is 1.85. The van der Waals surface area contributed by atoms with E-state index in [1.165, 1.54) is 7.11 Å². The second kappa shape index (κ2) is 6.31. The molecule has 0 aromatic rings. The number of ether oxygens (including phenoxy) is 2. The lowest BCUT2D eigenvalue weighted by Crippen LogP contribution is -2.56. The van der Waals surface area contributed by atoms with Crippen LogP contribution in [0.25, 0.3) is 0 Å². The standard InChI is InChI=1S/C13H22N2O3/c1-3-11(13(16)17-2)8-14-4-6-15(7-5-14)12-9-18-10-12/h3,12H,4-10H2,1-2H3. The second-order valence-electron chi connectivity index (χ2n) is 4.81. The van der Waals surface area contributed by atoms with Gasteiger partial charge in [0.05, 0.1) is 26.4 Å². The summed E-state index contributed by atoms with van der Waals surface area (Å²) in [4.78, 5) is 16.3. The quantitative estimate of drug-likeness (QED) is 0.526. The summed E-state index contributed by atoms with van der Waals surface area (Å²) in [5.41, 5.74) is 0.748. The summed E-state index contributed by atoms with van der Waals surface area (Å²) in [5.74, 6) is -0.215. The van der Waals surface area contributed by atoms with Crippen molar-refractivity contribution in [2.75, 3.05) is 53.0 Å². The predicted octanol–water partition coefficient (Wildman–Crippen LogP) is 0.122. The van der Waals surface area contributed by atoms with Crippen LogP contribution in [0.15, 0.2) is 11.6 Å². The monoisotopic (exact) mass is 254 g/mol. The predicted molar refractivity (Wildman–Crippen MR) is 68.4 cm³/mol. The SMILES string of the molecule is CC=C(CN1CCN(C2COC2)CC1)C(=O)OC. The Balaban J connectivity index is 1.77. The fraction of sp³-hybridized carbons (Fsp3) is 0.769. The molecular weight excluding hydrogens is 232 g/mol. The van der Waals surface area contributed by atoms with Crippen molar-refractivity contribution < 1.29 is 14.3 Å². The van der Waals surface area contributed by atoms with Crippen LogP contribution in [0.2, 0.25) is 0 Å². The first kappa shape index (κ1) is 13.5. The maximum Gasteiger partial charge on any atom is 0.334 e. The Labute approximate surface area is 108 Å². The molecule has 2 fully saturated rings. The highest BCUT2D eigenvalue weighted by Crippen LogP contribution is 2.14. The van der Waals surface area contributed by atoms with Gasteiger partial charge in [0.15, 0.2) is 0 Å². The molecule has 0 aromatic carbocycles. The van der Waals surface area contributed by atoms with Crippen LogP contribution in [0.3, 0.4) is 0 Å². The van der Waals surface area contributed by atoms with Gasteiger partial charge in [0, 0.05) is 38.3 Å². The second-order valence-corrected chi connectivity index (χ2v) is 4.81. The zero-order chi connectivity index (χ0) is 13.0. The Morgan fingerprint density at radius 2 is 2.00 bits per heavy atom. The molecule has 18 heavy (non-hydrogen) atoms. The molecule has 0 aliphatic carbocycles. The van der Waals surface area contributed by atoms with E-state index in [0.717, 1.165) is 45.0 Å². The highest BCUT2D eigenvalue weighted by Gasteiger charge is 2.29. The lowest BCUT2D eigenvalue weighted by Gasteiger charge is -2.42. The summed E-state index contributed by atoms with van der Waals surface area (Å²) in [5, 5.41) is 0. The Hall–Kier alpha value is -0.910. The average Bonchev–Trinajstić information content (AvgIpc) is 2.35. The van der Waals surface area contributed by atoms with Crippen molar-refractivity contribution in [3.05, 3.63) is 11.6 Å². The van der Waals surface area contributed by atoms with E-state index in [4.69, 9.17) is 9.47 Å². The van der Waals surface area contributed by atoms with E-state index in [0.29, 0.717) is 12.6 Å². The van der Waals surface area contributed by atoms with Crippen LogP contribution in [-0.2, 0) is 14.3 Å². The van der Waals surface area contributed by atoms with Crippen molar-refractivity contribution in [1.82, 2.24) is 9.80 Å². The lowest BCUT2D eigenvalue weighted by atomic mass is 10.1. The van der Waals surface area contributed by atoms with E-state index in [1.54, 1.807) is 0 Å². The van der Waals surface area contributed by atoms with Crippen molar-refractivity contribution >= 4 is 5.97 Å². The molecule has 2 aliphatic heterocycles. The molecule has 0 unspecified atom stereocenters. The minimum Gasteiger partial charge on any atom is -0.466 e. The molecule has 2 saturated heterocycles. The van der Waals surface area contributed by atoms with Crippen molar-refractivity contribution in [3.63, 3.8) is 0 Å². The molecule has 102 valence electrons. The van der Waals surface area contributed by atoms with E-state index in [1.807, 2.05) is 13.0 Å². The number of methoxy groups -OCH3 is 1. The molecule has 5 nitrogen and oxygen atoms in total. The van der Waals surface area contributed by atoms with Gasteiger partial charge in [0.25, 0.3) is 0 Å². The molecule has 0 saturated carbocycles. The lowest BCUT2D eigenvalue weighted by molar-refractivity contribution is -0.136. The maximum absolute atomic E-state index is 11.5. The van der Waals surface area contributed by atoms with E-state index in [2.05, 4.69) is 9.80 Å². The summed E-state index contributed by atoms with van der Waals surface area (Å²) >= 11 is 0. The number of esters is 1. The van der Waals surface area contributed by atoms with Gasteiger partial charge in [-0.05, 0) is 6.92 Å². The number of hydrogen-bond acceptors (Lipinski definition) is 5. The number of allylic oxidation sites excluding steroid dienone is 1. The van der Waals surface area contributed by atoms with Gasteiger partial charge in [-0.25, -0.2) is 4.79 Å². The Morgan fingerprint density at radius 3 is 2.44 bits per heavy atom. The molecule has 0 N–H and O–H groups in total. The third kappa shape index (κ3) is 3.10. The zero-order valence-electron chi connectivity index (χ0n) is 11.2. The number of piperazine rings is 1. The summed E-state index contributed by atoms with van der Waals surface area (Å²) < 4.78 is 9.99. The Morgan fingerprint density at radius 1 is 1.33 bits per heavy atom. The third-order valence-electron chi connectivity index (χ3n) is 3.73. The molecule has 5 heteroatoms. The molecule has 0 amide bonds. The molecule has 0 aromatic heterocycles. The number of rotatable bonds is 4.